The summed E-state index contributed by atoms with van der Waals surface area (Å²) in [5, 5.41) is 29.5. The maximum Gasteiger partial charge on any atom is 0.336 e. The van der Waals surface area contributed by atoms with Crippen molar-refractivity contribution in [3.05, 3.63) is 53.9 Å². The monoisotopic (exact) mass is 341 g/mol. The summed E-state index contributed by atoms with van der Waals surface area (Å²) in [5.41, 5.74) is 2.59. The number of aliphatic hydroxyl groups is 1. The molecule has 1 atom stereocenters. The highest BCUT2D eigenvalue weighted by atomic mass is 16.4. The van der Waals surface area contributed by atoms with Gasteiger partial charge in [-0.15, -0.1) is 0 Å². The smallest absolute Gasteiger partial charge is 0.336 e. The number of anilines is 2. The van der Waals surface area contributed by atoms with Gasteiger partial charge in [0, 0.05) is 38.6 Å². The standard InChI is InChI=1S/C17H19N5O3/c1-20(2)12-6-4-11(5-7-12)15-8-14(17(24)25)16(23)22(19-15)13-9-18-21(3)10-13/h4-10,16,23H,1-3H3,(H,24,25). The normalized spacial score (nSPS) is 17.1. The Morgan fingerprint density at radius 3 is 2.44 bits per heavy atom. The number of benzene rings is 1. The number of rotatable bonds is 4. The van der Waals surface area contributed by atoms with Crippen molar-refractivity contribution in [1.29, 1.82) is 0 Å². The summed E-state index contributed by atoms with van der Waals surface area (Å²) in [7, 11) is 5.62. The molecule has 130 valence electrons. The summed E-state index contributed by atoms with van der Waals surface area (Å²) >= 11 is 0. The molecule has 2 heterocycles. The maximum absolute atomic E-state index is 11.5. The molecule has 3 rings (SSSR count). The van der Waals surface area contributed by atoms with Crippen LogP contribution in [-0.2, 0) is 11.8 Å². The second-order valence-electron chi connectivity index (χ2n) is 5.92. The van der Waals surface area contributed by atoms with E-state index in [4.69, 9.17) is 0 Å². The van der Waals surface area contributed by atoms with Gasteiger partial charge >= 0.3 is 5.97 Å². The molecule has 1 aliphatic rings. The Hall–Kier alpha value is -3.13. The molecule has 2 aromatic rings. The molecule has 1 aromatic carbocycles. The number of aliphatic carboxylic acids is 1. The highest BCUT2D eigenvalue weighted by Gasteiger charge is 2.30. The average molecular weight is 341 g/mol. The fourth-order valence-electron chi connectivity index (χ4n) is 2.52. The minimum Gasteiger partial charge on any atom is -0.478 e. The number of aromatic nitrogens is 2. The molecule has 0 saturated heterocycles. The number of carboxylic acid groups (broad SMARTS) is 1. The number of carbonyl (C=O) groups is 1. The van der Waals surface area contributed by atoms with Crippen LogP contribution in [0.15, 0.2) is 53.4 Å². The summed E-state index contributed by atoms with van der Waals surface area (Å²) in [5.74, 6) is -1.20. The van der Waals surface area contributed by atoms with E-state index in [9.17, 15) is 15.0 Å². The van der Waals surface area contributed by atoms with Gasteiger partial charge in [-0.1, -0.05) is 12.1 Å². The number of carboxylic acids is 1. The minimum atomic E-state index is -1.38. The number of hydrogen-bond donors (Lipinski definition) is 2. The van der Waals surface area contributed by atoms with Gasteiger partial charge in [0.1, 0.15) is 5.69 Å². The Balaban J connectivity index is 2.04. The Kier molecular flexibility index (Phi) is 4.28. The van der Waals surface area contributed by atoms with E-state index in [0.29, 0.717) is 11.4 Å². The number of allylic oxidation sites excluding steroid dienone is 1. The summed E-state index contributed by atoms with van der Waals surface area (Å²) in [6.07, 6.45) is 3.19. The van der Waals surface area contributed by atoms with E-state index in [1.54, 1.807) is 17.9 Å². The number of nitrogens with zero attached hydrogens (tertiary/aromatic N) is 5. The molecule has 0 amide bonds. The number of aryl methyl sites for hydroxylation is 1. The van der Waals surface area contributed by atoms with Crippen molar-refractivity contribution in [2.24, 2.45) is 12.1 Å². The molecule has 0 saturated carbocycles. The average Bonchev–Trinajstić information content (AvgIpc) is 3.01. The molecule has 0 bridgehead atoms. The third-order valence-corrected chi connectivity index (χ3v) is 3.90. The second-order valence-corrected chi connectivity index (χ2v) is 5.92. The quantitative estimate of drug-likeness (QED) is 0.863. The van der Waals surface area contributed by atoms with Crippen molar-refractivity contribution in [3.63, 3.8) is 0 Å². The summed E-state index contributed by atoms with van der Waals surface area (Å²) in [6.45, 7) is 0. The van der Waals surface area contributed by atoms with Crippen molar-refractivity contribution in [2.45, 2.75) is 6.23 Å². The van der Waals surface area contributed by atoms with Crippen LogP contribution in [0.3, 0.4) is 0 Å². The summed E-state index contributed by atoms with van der Waals surface area (Å²) in [4.78, 5) is 13.5. The molecule has 0 radical (unpaired) electrons. The fourth-order valence-corrected chi connectivity index (χ4v) is 2.52. The first-order valence-electron chi connectivity index (χ1n) is 7.64. The van der Waals surface area contributed by atoms with Crippen LogP contribution < -0.4 is 9.91 Å². The molecule has 0 aliphatic carbocycles. The van der Waals surface area contributed by atoms with Gasteiger partial charge in [0.2, 0.25) is 0 Å². The van der Waals surface area contributed by atoms with Gasteiger partial charge in [-0.2, -0.15) is 10.2 Å². The van der Waals surface area contributed by atoms with Crippen LogP contribution in [0.1, 0.15) is 5.56 Å². The van der Waals surface area contributed by atoms with Crippen LogP contribution in [0, 0.1) is 0 Å². The Morgan fingerprint density at radius 1 is 1.24 bits per heavy atom. The van der Waals surface area contributed by atoms with Crippen LogP contribution >= 0.6 is 0 Å². The van der Waals surface area contributed by atoms with Crippen LogP contribution in [-0.4, -0.2) is 52.0 Å². The number of hydrazone groups is 1. The SMILES string of the molecule is CN(C)c1ccc(C2=NN(c3cnn(C)c3)C(O)C(C(=O)O)=C2)cc1. The van der Waals surface area contributed by atoms with Gasteiger partial charge in [-0.25, -0.2) is 9.80 Å². The van der Waals surface area contributed by atoms with E-state index in [1.807, 2.05) is 43.3 Å². The van der Waals surface area contributed by atoms with E-state index < -0.39 is 12.2 Å². The van der Waals surface area contributed by atoms with E-state index in [2.05, 4.69) is 10.2 Å². The molecule has 8 nitrogen and oxygen atoms in total. The second kappa shape index (κ2) is 6.40. The zero-order valence-corrected chi connectivity index (χ0v) is 14.2. The van der Waals surface area contributed by atoms with Crippen LogP contribution in [0.25, 0.3) is 0 Å². The largest absolute Gasteiger partial charge is 0.478 e. The Labute approximate surface area is 144 Å². The lowest BCUT2D eigenvalue weighted by atomic mass is 10.0. The van der Waals surface area contributed by atoms with Gasteiger partial charge in [-0.05, 0) is 18.2 Å². The first kappa shape index (κ1) is 16.7. The lowest BCUT2D eigenvalue weighted by Gasteiger charge is -2.28. The topological polar surface area (TPSA) is 94.2 Å². The van der Waals surface area contributed by atoms with E-state index in [0.717, 1.165) is 11.3 Å². The summed E-state index contributed by atoms with van der Waals surface area (Å²) < 4.78 is 1.56. The molecular weight excluding hydrogens is 322 g/mol. The third-order valence-electron chi connectivity index (χ3n) is 3.90. The Bertz CT molecular complexity index is 851. The number of hydrogen-bond acceptors (Lipinski definition) is 6. The Morgan fingerprint density at radius 2 is 1.92 bits per heavy atom. The fraction of sp³-hybridized carbons (Fsp3) is 0.235. The van der Waals surface area contributed by atoms with Crippen molar-refractivity contribution < 1.29 is 15.0 Å². The van der Waals surface area contributed by atoms with Gasteiger partial charge in [-0.3, -0.25) is 4.68 Å². The maximum atomic E-state index is 11.5. The van der Waals surface area contributed by atoms with Crippen LogP contribution in [0.2, 0.25) is 0 Å². The molecule has 2 N–H and O–H groups in total. The predicted molar refractivity (Wildman–Crippen MR) is 94.7 cm³/mol. The first-order chi connectivity index (χ1) is 11.9. The molecule has 0 spiro atoms. The number of aliphatic hydroxyl groups excluding tert-OH is 1. The lowest BCUT2D eigenvalue weighted by molar-refractivity contribution is -0.133. The molecule has 1 unspecified atom stereocenters. The highest BCUT2D eigenvalue weighted by Crippen LogP contribution is 2.25. The van der Waals surface area contributed by atoms with Gasteiger partial charge in [0.05, 0.1) is 17.5 Å². The molecule has 1 aromatic heterocycles. The molecule has 1 aliphatic heterocycles. The van der Waals surface area contributed by atoms with Crippen molar-refractivity contribution in [1.82, 2.24) is 9.78 Å². The zero-order valence-electron chi connectivity index (χ0n) is 14.2. The molecule has 25 heavy (non-hydrogen) atoms. The van der Waals surface area contributed by atoms with Gasteiger partial charge in [0.25, 0.3) is 0 Å². The van der Waals surface area contributed by atoms with Crippen LogP contribution in [0.5, 0.6) is 0 Å². The van der Waals surface area contributed by atoms with E-state index in [-0.39, 0.29) is 5.57 Å². The molecule has 8 heteroatoms. The van der Waals surface area contributed by atoms with Gasteiger partial charge in [0.15, 0.2) is 6.23 Å². The predicted octanol–water partition coefficient (Wildman–Crippen LogP) is 1.04. The van der Waals surface area contributed by atoms with Crippen molar-refractivity contribution in [2.75, 3.05) is 24.0 Å². The highest BCUT2D eigenvalue weighted by molar-refractivity contribution is 6.13. The third kappa shape index (κ3) is 3.24. The lowest BCUT2D eigenvalue weighted by Crippen LogP contribution is -2.39. The van der Waals surface area contributed by atoms with E-state index in [1.165, 1.54) is 17.3 Å². The summed E-state index contributed by atoms with van der Waals surface area (Å²) in [6, 6.07) is 7.57. The molecular formula is C17H19N5O3. The van der Waals surface area contributed by atoms with E-state index >= 15 is 0 Å². The zero-order chi connectivity index (χ0) is 18.1. The molecule has 0 fully saturated rings. The van der Waals surface area contributed by atoms with Crippen molar-refractivity contribution >= 4 is 23.1 Å². The van der Waals surface area contributed by atoms with Gasteiger partial charge < -0.3 is 15.1 Å². The van der Waals surface area contributed by atoms with Crippen molar-refractivity contribution in [3.8, 4) is 0 Å². The minimum absolute atomic E-state index is 0.148. The van der Waals surface area contributed by atoms with Crippen LogP contribution in [0.4, 0.5) is 11.4 Å². The first-order valence-corrected chi connectivity index (χ1v) is 7.64.